The lowest BCUT2D eigenvalue weighted by Crippen LogP contribution is -2.32. The normalized spacial score (nSPS) is 11.7. The standard InChI is InChI=1S/C24H25FN2O4/c1-3-7-22-21(14-27-31-22)18-10-19(12-20(25)11-18)23(28)26-13-16(2)24(29)30-15-17-8-5-4-6-9-17/h4-6,8-12,14,16H,3,7,13,15H2,1-2H3,(H,26,28)/t16-/m1/s1. The highest BCUT2D eigenvalue weighted by atomic mass is 19.1. The van der Waals surface area contributed by atoms with Crippen molar-refractivity contribution in [2.24, 2.45) is 5.92 Å². The van der Waals surface area contributed by atoms with E-state index in [1.165, 1.54) is 12.3 Å². The summed E-state index contributed by atoms with van der Waals surface area (Å²) < 4.78 is 24.7. The van der Waals surface area contributed by atoms with E-state index < -0.39 is 23.6 Å². The topological polar surface area (TPSA) is 81.4 Å². The highest BCUT2D eigenvalue weighted by molar-refractivity contribution is 5.95. The molecule has 0 fully saturated rings. The minimum Gasteiger partial charge on any atom is -0.461 e. The lowest BCUT2D eigenvalue weighted by atomic mass is 10.0. The van der Waals surface area contributed by atoms with Crippen molar-refractivity contribution in [1.82, 2.24) is 10.5 Å². The van der Waals surface area contributed by atoms with Gasteiger partial charge in [0.25, 0.3) is 5.91 Å². The first-order valence-corrected chi connectivity index (χ1v) is 10.2. The largest absolute Gasteiger partial charge is 0.461 e. The van der Waals surface area contributed by atoms with E-state index in [2.05, 4.69) is 10.5 Å². The van der Waals surface area contributed by atoms with Gasteiger partial charge in [0.15, 0.2) is 0 Å². The Hall–Kier alpha value is -3.48. The Morgan fingerprint density at radius 3 is 2.71 bits per heavy atom. The number of carbonyl (C=O) groups is 2. The summed E-state index contributed by atoms with van der Waals surface area (Å²) in [6.45, 7) is 3.91. The van der Waals surface area contributed by atoms with Crippen LogP contribution < -0.4 is 5.32 Å². The fourth-order valence-electron chi connectivity index (χ4n) is 3.09. The quantitative estimate of drug-likeness (QED) is 0.510. The lowest BCUT2D eigenvalue weighted by molar-refractivity contribution is -0.149. The zero-order valence-electron chi connectivity index (χ0n) is 17.6. The molecule has 1 aromatic heterocycles. The first-order chi connectivity index (χ1) is 15.0. The number of aryl methyl sites for hydroxylation is 1. The number of rotatable bonds is 9. The van der Waals surface area contributed by atoms with Crippen LogP contribution in [0.1, 0.15) is 41.9 Å². The van der Waals surface area contributed by atoms with Crippen molar-refractivity contribution in [3.05, 3.63) is 77.4 Å². The number of aromatic nitrogens is 1. The van der Waals surface area contributed by atoms with Crippen LogP contribution in [0.4, 0.5) is 4.39 Å². The van der Waals surface area contributed by atoms with E-state index in [0.717, 1.165) is 18.1 Å². The third-order valence-electron chi connectivity index (χ3n) is 4.79. The fourth-order valence-corrected chi connectivity index (χ4v) is 3.09. The van der Waals surface area contributed by atoms with Crippen LogP contribution >= 0.6 is 0 Å². The predicted octanol–water partition coefficient (Wildman–Crippen LogP) is 4.54. The van der Waals surface area contributed by atoms with Crippen LogP contribution in [-0.4, -0.2) is 23.6 Å². The van der Waals surface area contributed by atoms with E-state index in [9.17, 15) is 14.0 Å². The molecule has 0 saturated carbocycles. The molecule has 6 nitrogen and oxygen atoms in total. The summed E-state index contributed by atoms with van der Waals surface area (Å²) in [6, 6.07) is 13.4. The zero-order chi connectivity index (χ0) is 22.2. The Morgan fingerprint density at radius 2 is 1.97 bits per heavy atom. The molecule has 0 saturated heterocycles. The molecule has 31 heavy (non-hydrogen) atoms. The molecule has 1 amide bonds. The van der Waals surface area contributed by atoms with Crippen LogP contribution in [0.3, 0.4) is 0 Å². The van der Waals surface area contributed by atoms with Gasteiger partial charge in [0.2, 0.25) is 0 Å². The van der Waals surface area contributed by atoms with Gasteiger partial charge in [-0.3, -0.25) is 9.59 Å². The number of nitrogens with one attached hydrogen (secondary N) is 1. The minimum absolute atomic E-state index is 0.0760. The maximum absolute atomic E-state index is 14.2. The third kappa shape index (κ3) is 6.01. The molecule has 7 heteroatoms. The Balaban J connectivity index is 1.60. The summed E-state index contributed by atoms with van der Waals surface area (Å²) in [5.41, 5.74) is 2.22. The number of hydrogen-bond donors (Lipinski definition) is 1. The Bertz CT molecular complexity index is 1030. The molecule has 0 spiro atoms. The van der Waals surface area contributed by atoms with Gasteiger partial charge in [0, 0.05) is 24.1 Å². The van der Waals surface area contributed by atoms with Crippen molar-refractivity contribution in [2.75, 3.05) is 6.54 Å². The van der Waals surface area contributed by atoms with E-state index in [4.69, 9.17) is 9.26 Å². The van der Waals surface area contributed by atoms with Gasteiger partial charge in [-0.2, -0.15) is 0 Å². The van der Waals surface area contributed by atoms with Gasteiger partial charge in [-0.1, -0.05) is 49.3 Å². The van der Waals surface area contributed by atoms with E-state index in [-0.39, 0.29) is 18.7 Å². The van der Waals surface area contributed by atoms with E-state index in [1.807, 2.05) is 37.3 Å². The number of carbonyl (C=O) groups excluding carboxylic acids is 2. The summed E-state index contributed by atoms with van der Waals surface area (Å²) in [7, 11) is 0. The first kappa shape index (κ1) is 22.2. The molecule has 2 aromatic carbocycles. The SMILES string of the molecule is CCCc1oncc1-c1cc(F)cc(C(=O)NC[C@@H](C)C(=O)OCc2ccccc2)c1. The molecule has 0 radical (unpaired) electrons. The van der Waals surface area contributed by atoms with Gasteiger partial charge in [0.1, 0.15) is 18.2 Å². The molecular weight excluding hydrogens is 399 g/mol. The first-order valence-electron chi connectivity index (χ1n) is 10.2. The number of hydrogen-bond acceptors (Lipinski definition) is 5. The molecule has 162 valence electrons. The molecule has 1 N–H and O–H groups in total. The second-order valence-corrected chi connectivity index (χ2v) is 7.35. The van der Waals surface area contributed by atoms with Crippen molar-refractivity contribution in [3.63, 3.8) is 0 Å². The molecule has 0 aliphatic carbocycles. The summed E-state index contributed by atoms with van der Waals surface area (Å²) in [6.07, 6.45) is 3.03. The fraction of sp³-hybridized carbons (Fsp3) is 0.292. The number of benzene rings is 2. The molecular formula is C24H25FN2O4. The van der Waals surface area contributed by atoms with Crippen molar-refractivity contribution in [1.29, 1.82) is 0 Å². The van der Waals surface area contributed by atoms with E-state index in [1.54, 1.807) is 13.0 Å². The monoisotopic (exact) mass is 424 g/mol. The average molecular weight is 424 g/mol. The summed E-state index contributed by atoms with van der Waals surface area (Å²) in [4.78, 5) is 24.7. The highest BCUT2D eigenvalue weighted by Gasteiger charge is 2.18. The predicted molar refractivity (Wildman–Crippen MR) is 114 cm³/mol. The maximum Gasteiger partial charge on any atom is 0.310 e. The smallest absolute Gasteiger partial charge is 0.310 e. The highest BCUT2D eigenvalue weighted by Crippen LogP contribution is 2.26. The maximum atomic E-state index is 14.2. The number of halogens is 1. The summed E-state index contributed by atoms with van der Waals surface area (Å²) >= 11 is 0. The lowest BCUT2D eigenvalue weighted by Gasteiger charge is -2.13. The molecule has 0 bridgehead atoms. The molecule has 1 heterocycles. The molecule has 3 aromatic rings. The van der Waals surface area contributed by atoms with E-state index in [0.29, 0.717) is 23.3 Å². The minimum atomic E-state index is -0.546. The van der Waals surface area contributed by atoms with E-state index >= 15 is 0 Å². The molecule has 3 rings (SSSR count). The van der Waals surface area contributed by atoms with Gasteiger partial charge < -0.3 is 14.6 Å². The number of esters is 1. The van der Waals surface area contributed by atoms with Crippen LogP contribution in [0.5, 0.6) is 0 Å². The second-order valence-electron chi connectivity index (χ2n) is 7.35. The van der Waals surface area contributed by atoms with Crippen LogP contribution in [0.25, 0.3) is 11.1 Å². The Kier molecular flexibility index (Phi) is 7.54. The number of ether oxygens (including phenoxy) is 1. The van der Waals surface area contributed by atoms with Crippen molar-refractivity contribution < 1.29 is 23.2 Å². The average Bonchev–Trinajstić information content (AvgIpc) is 3.24. The second kappa shape index (κ2) is 10.5. The molecule has 0 aliphatic rings. The molecule has 0 unspecified atom stereocenters. The third-order valence-corrected chi connectivity index (χ3v) is 4.79. The summed E-state index contributed by atoms with van der Waals surface area (Å²) in [5.74, 6) is -1.33. The Labute approximate surface area is 180 Å². The van der Waals surface area contributed by atoms with Crippen molar-refractivity contribution in [2.45, 2.75) is 33.3 Å². The van der Waals surface area contributed by atoms with Crippen LogP contribution in [0, 0.1) is 11.7 Å². The molecule has 1 atom stereocenters. The van der Waals surface area contributed by atoms with Gasteiger partial charge in [-0.25, -0.2) is 4.39 Å². The Morgan fingerprint density at radius 1 is 1.19 bits per heavy atom. The van der Waals surface area contributed by atoms with Crippen molar-refractivity contribution in [3.8, 4) is 11.1 Å². The zero-order valence-corrected chi connectivity index (χ0v) is 17.6. The molecule has 0 aliphatic heterocycles. The van der Waals surface area contributed by atoms with Crippen LogP contribution in [0.15, 0.2) is 59.3 Å². The van der Waals surface area contributed by atoms with Gasteiger partial charge in [-0.15, -0.1) is 0 Å². The number of nitrogens with zero attached hydrogens (tertiary/aromatic N) is 1. The van der Waals surface area contributed by atoms with Gasteiger partial charge >= 0.3 is 5.97 Å². The number of amides is 1. The van der Waals surface area contributed by atoms with Crippen molar-refractivity contribution >= 4 is 11.9 Å². The van der Waals surface area contributed by atoms with Crippen LogP contribution in [-0.2, 0) is 22.6 Å². The van der Waals surface area contributed by atoms with Gasteiger partial charge in [-0.05, 0) is 35.7 Å². The summed E-state index contributed by atoms with van der Waals surface area (Å²) in [5, 5.41) is 6.46. The van der Waals surface area contributed by atoms with Gasteiger partial charge in [0.05, 0.1) is 12.1 Å². The van der Waals surface area contributed by atoms with Crippen LogP contribution in [0.2, 0.25) is 0 Å².